The Hall–Kier alpha value is -0.990. The van der Waals surface area contributed by atoms with Gasteiger partial charge in [-0.25, -0.2) is 0 Å². The Bertz CT molecular complexity index is 594. The molecular formula is C14H16Cl2N2. The molecular weight excluding hydrogens is 267 g/mol. The molecule has 0 saturated carbocycles. The smallest absolute Gasteiger partial charge is 0.0927 e. The molecule has 0 unspecified atom stereocenters. The molecule has 2 aromatic rings. The van der Waals surface area contributed by atoms with Crippen molar-refractivity contribution in [1.29, 1.82) is 0 Å². The van der Waals surface area contributed by atoms with Gasteiger partial charge in [0.15, 0.2) is 0 Å². The summed E-state index contributed by atoms with van der Waals surface area (Å²) in [5.41, 5.74) is 4.04. The Morgan fingerprint density at radius 1 is 1.17 bits per heavy atom. The second kappa shape index (κ2) is 5.33. The van der Waals surface area contributed by atoms with E-state index >= 15 is 0 Å². The molecule has 0 radical (unpaired) electrons. The van der Waals surface area contributed by atoms with Crippen molar-refractivity contribution in [2.75, 3.05) is 11.9 Å². The van der Waals surface area contributed by atoms with Crippen molar-refractivity contribution >= 4 is 39.8 Å². The van der Waals surface area contributed by atoms with Gasteiger partial charge in [-0.05, 0) is 38.0 Å². The van der Waals surface area contributed by atoms with Crippen LogP contribution in [0.15, 0.2) is 12.1 Å². The summed E-state index contributed by atoms with van der Waals surface area (Å²) in [5, 5.41) is 5.65. The second-order valence-electron chi connectivity index (χ2n) is 4.19. The lowest BCUT2D eigenvalue weighted by atomic mass is 10.0. The van der Waals surface area contributed by atoms with Crippen molar-refractivity contribution in [1.82, 2.24) is 4.98 Å². The third-order valence-electron chi connectivity index (χ3n) is 3.05. The average Bonchev–Trinajstić information content (AvgIpc) is 2.34. The summed E-state index contributed by atoms with van der Waals surface area (Å²) in [7, 11) is 0. The molecule has 0 aliphatic rings. The average molecular weight is 283 g/mol. The van der Waals surface area contributed by atoms with E-state index in [1.165, 1.54) is 5.56 Å². The number of benzene rings is 1. The number of rotatable bonds is 3. The lowest BCUT2D eigenvalue weighted by molar-refractivity contribution is 1.06. The molecule has 1 aromatic heterocycles. The number of nitrogens with zero attached hydrogens (tertiary/aromatic N) is 1. The summed E-state index contributed by atoms with van der Waals surface area (Å²) in [5.74, 6) is 0. The van der Waals surface area contributed by atoms with Crippen LogP contribution in [-0.4, -0.2) is 11.5 Å². The van der Waals surface area contributed by atoms with Gasteiger partial charge in [-0.15, -0.1) is 0 Å². The normalized spacial score (nSPS) is 10.9. The lowest BCUT2D eigenvalue weighted by Gasteiger charge is -2.16. The highest BCUT2D eigenvalue weighted by Crippen LogP contribution is 2.37. The van der Waals surface area contributed by atoms with E-state index in [1.807, 2.05) is 13.0 Å². The Balaban J connectivity index is 2.91. The zero-order chi connectivity index (χ0) is 13.3. The Morgan fingerprint density at radius 3 is 2.44 bits per heavy atom. The third kappa shape index (κ3) is 2.15. The van der Waals surface area contributed by atoms with Gasteiger partial charge in [0.1, 0.15) is 0 Å². The first-order chi connectivity index (χ1) is 8.60. The molecule has 1 aromatic carbocycles. The number of aromatic nitrogens is 1. The maximum Gasteiger partial charge on any atom is 0.0927 e. The van der Waals surface area contributed by atoms with Gasteiger partial charge in [0.25, 0.3) is 0 Å². The first kappa shape index (κ1) is 13.4. The molecule has 2 nitrogen and oxygen atoms in total. The highest BCUT2D eigenvalue weighted by molar-refractivity contribution is 6.41. The van der Waals surface area contributed by atoms with E-state index in [4.69, 9.17) is 23.2 Å². The predicted octanol–water partition coefficient (Wildman–Crippen LogP) is 4.84. The monoisotopic (exact) mass is 282 g/mol. The van der Waals surface area contributed by atoms with Crippen molar-refractivity contribution in [3.05, 3.63) is 33.4 Å². The number of hydrogen-bond donors (Lipinski definition) is 1. The van der Waals surface area contributed by atoms with Gasteiger partial charge in [-0.1, -0.05) is 30.1 Å². The van der Waals surface area contributed by atoms with Crippen molar-refractivity contribution in [2.45, 2.75) is 27.2 Å². The molecule has 4 heteroatoms. The van der Waals surface area contributed by atoms with Crippen molar-refractivity contribution in [2.24, 2.45) is 0 Å². The lowest BCUT2D eigenvalue weighted by Crippen LogP contribution is -2.05. The Labute approximate surface area is 117 Å². The minimum Gasteiger partial charge on any atom is -0.384 e. The zero-order valence-electron chi connectivity index (χ0n) is 10.8. The molecule has 0 saturated heterocycles. The predicted molar refractivity (Wildman–Crippen MR) is 80.0 cm³/mol. The summed E-state index contributed by atoms with van der Waals surface area (Å²) >= 11 is 12.5. The molecule has 0 bridgehead atoms. The third-order valence-corrected chi connectivity index (χ3v) is 3.67. The minimum atomic E-state index is 0.638. The summed E-state index contributed by atoms with van der Waals surface area (Å²) in [6.07, 6.45) is 0.917. The van der Waals surface area contributed by atoms with Gasteiger partial charge in [0, 0.05) is 17.6 Å². The molecule has 96 valence electrons. The van der Waals surface area contributed by atoms with Crippen LogP contribution in [0.3, 0.4) is 0 Å². The van der Waals surface area contributed by atoms with Gasteiger partial charge >= 0.3 is 0 Å². The number of nitrogens with one attached hydrogen (secondary N) is 1. The largest absolute Gasteiger partial charge is 0.384 e. The maximum absolute atomic E-state index is 6.31. The number of hydrogen-bond acceptors (Lipinski definition) is 2. The van der Waals surface area contributed by atoms with E-state index in [2.05, 4.69) is 24.1 Å². The van der Waals surface area contributed by atoms with E-state index in [1.54, 1.807) is 6.07 Å². The summed E-state index contributed by atoms with van der Waals surface area (Å²) in [6.45, 7) is 7.04. The van der Waals surface area contributed by atoms with Gasteiger partial charge in [0.2, 0.25) is 0 Å². The van der Waals surface area contributed by atoms with E-state index in [-0.39, 0.29) is 0 Å². The van der Waals surface area contributed by atoms with Crippen LogP contribution in [0.4, 0.5) is 5.69 Å². The summed E-state index contributed by atoms with van der Waals surface area (Å²) in [6, 6.07) is 3.61. The number of fused-ring (bicyclic) bond motifs is 1. The minimum absolute atomic E-state index is 0.638. The van der Waals surface area contributed by atoms with Gasteiger partial charge < -0.3 is 5.32 Å². The van der Waals surface area contributed by atoms with Crippen LogP contribution in [-0.2, 0) is 6.42 Å². The number of halogens is 2. The van der Waals surface area contributed by atoms with Crippen molar-refractivity contribution < 1.29 is 0 Å². The fourth-order valence-corrected chi connectivity index (χ4v) is 2.71. The molecule has 0 atom stereocenters. The van der Waals surface area contributed by atoms with Gasteiger partial charge in [-0.2, -0.15) is 0 Å². The van der Waals surface area contributed by atoms with Crippen molar-refractivity contribution in [3.8, 4) is 0 Å². The standard InChI is InChI=1S/C14H16Cl2N2/c1-4-9-8(3)18-14-11(16)7-6-10(15)12(14)13(9)17-5-2/h6-7H,4-5H2,1-3H3,(H,17,18). The molecule has 0 amide bonds. The van der Waals surface area contributed by atoms with Crippen LogP contribution in [0, 0.1) is 6.92 Å². The van der Waals surface area contributed by atoms with Gasteiger partial charge in [-0.3, -0.25) is 4.98 Å². The van der Waals surface area contributed by atoms with Crippen LogP contribution < -0.4 is 5.32 Å². The first-order valence-corrected chi connectivity index (χ1v) is 6.86. The second-order valence-corrected chi connectivity index (χ2v) is 5.00. The molecule has 0 spiro atoms. The number of anilines is 1. The van der Waals surface area contributed by atoms with Gasteiger partial charge in [0.05, 0.1) is 21.2 Å². The Morgan fingerprint density at radius 2 is 1.83 bits per heavy atom. The fourth-order valence-electron chi connectivity index (χ4n) is 2.26. The Kier molecular flexibility index (Phi) is 3.98. The quantitative estimate of drug-likeness (QED) is 0.871. The highest BCUT2D eigenvalue weighted by atomic mass is 35.5. The van der Waals surface area contributed by atoms with E-state index < -0.39 is 0 Å². The molecule has 2 rings (SSSR count). The van der Waals surface area contributed by atoms with Crippen molar-refractivity contribution in [3.63, 3.8) is 0 Å². The molecule has 18 heavy (non-hydrogen) atoms. The van der Waals surface area contributed by atoms with Crippen LogP contribution in [0.5, 0.6) is 0 Å². The first-order valence-electron chi connectivity index (χ1n) is 6.11. The van der Waals surface area contributed by atoms with Crippen LogP contribution in [0.25, 0.3) is 10.9 Å². The number of aryl methyl sites for hydroxylation is 1. The topological polar surface area (TPSA) is 24.9 Å². The number of pyridine rings is 1. The summed E-state index contributed by atoms with van der Waals surface area (Å²) in [4.78, 5) is 4.59. The highest BCUT2D eigenvalue weighted by Gasteiger charge is 2.15. The van der Waals surface area contributed by atoms with Crippen LogP contribution in [0.2, 0.25) is 10.0 Å². The summed E-state index contributed by atoms with van der Waals surface area (Å²) < 4.78 is 0. The van der Waals surface area contributed by atoms with Crippen LogP contribution in [0.1, 0.15) is 25.1 Å². The molecule has 0 aliphatic carbocycles. The van der Waals surface area contributed by atoms with Crippen LogP contribution >= 0.6 is 23.2 Å². The van der Waals surface area contributed by atoms with E-state index in [0.717, 1.165) is 35.2 Å². The van der Waals surface area contributed by atoms with E-state index in [9.17, 15) is 0 Å². The maximum atomic E-state index is 6.31. The SMILES string of the molecule is CCNc1c(CC)c(C)nc2c(Cl)ccc(Cl)c12. The molecule has 1 heterocycles. The molecule has 1 N–H and O–H groups in total. The molecule has 0 fully saturated rings. The fraction of sp³-hybridized carbons (Fsp3) is 0.357. The zero-order valence-corrected chi connectivity index (χ0v) is 12.3. The van der Waals surface area contributed by atoms with E-state index in [0.29, 0.717) is 10.0 Å². The molecule has 0 aliphatic heterocycles.